The molecule has 0 spiro atoms. The summed E-state index contributed by atoms with van der Waals surface area (Å²) < 4.78 is 23.5. The van der Waals surface area contributed by atoms with Crippen molar-refractivity contribution in [3.05, 3.63) is 29.7 Å². The highest BCUT2D eigenvalue weighted by Gasteiger charge is 2.27. The van der Waals surface area contributed by atoms with Gasteiger partial charge in [0.1, 0.15) is 9.90 Å². The molecular weight excluding hydrogens is 432 g/mol. The molecule has 0 unspecified atom stereocenters. The van der Waals surface area contributed by atoms with Crippen LogP contribution in [0.5, 0.6) is 0 Å². The third kappa shape index (κ3) is 5.19. The summed E-state index contributed by atoms with van der Waals surface area (Å²) in [6.45, 7) is 0. The van der Waals surface area contributed by atoms with Crippen molar-refractivity contribution >= 4 is 49.8 Å². The van der Waals surface area contributed by atoms with Crippen molar-refractivity contribution in [2.75, 3.05) is 16.9 Å². The first-order valence-electron chi connectivity index (χ1n) is 9.14. The zero-order valence-electron chi connectivity index (χ0n) is 16.0. The van der Waals surface area contributed by atoms with Gasteiger partial charge < -0.3 is 10.4 Å². The number of carbonyl (C=O) groups excluding carboxylic acids is 2. The number of urea groups is 1. The number of ketones is 1. The number of aromatic nitrogens is 2. The van der Waals surface area contributed by atoms with E-state index in [1.165, 1.54) is 6.20 Å². The molecule has 1 aliphatic carbocycles. The van der Waals surface area contributed by atoms with Crippen LogP contribution in [-0.4, -0.2) is 47.5 Å². The van der Waals surface area contributed by atoms with Crippen molar-refractivity contribution in [1.29, 1.82) is 0 Å². The minimum absolute atomic E-state index is 0.0725. The predicted molar refractivity (Wildman–Crippen MR) is 110 cm³/mol. The minimum Gasteiger partial charge on any atom is -0.481 e. The van der Waals surface area contributed by atoms with E-state index in [0.717, 1.165) is 31.9 Å². The number of carbonyl (C=O) groups is 3. The average Bonchev–Trinajstić information content (AvgIpc) is 3.31. The molecular formula is C18H20N4O6S2. The van der Waals surface area contributed by atoms with Gasteiger partial charge in [-0.15, -0.1) is 0 Å². The smallest absolute Gasteiger partial charge is 0.325 e. The van der Waals surface area contributed by atoms with Crippen LogP contribution in [0.2, 0.25) is 0 Å². The monoisotopic (exact) mass is 452 g/mol. The van der Waals surface area contributed by atoms with E-state index in [4.69, 9.17) is 5.11 Å². The molecule has 2 heterocycles. The molecule has 1 aliphatic rings. The zero-order chi connectivity index (χ0) is 21.9. The normalized spacial score (nSPS) is 14.4. The first-order chi connectivity index (χ1) is 14.1. The Hall–Kier alpha value is -2.86. The van der Waals surface area contributed by atoms with Gasteiger partial charge in [0, 0.05) is 18.4 Å². The molecule has 160 valence electrons. The van der Waals surface area contributed by atoms with Crippen molar-refractivity contribution in [3.8, 4) is 0 Å². The van der Waals surface area contributed by atoms with Gasteiger partial charge in [-0.05, 0) is 25.0 Å². The summed E-state index contributed by atoms with van der Waals surface area (Å²) in [6.07, 6.45) is 5.37. The highest BCUT2D eigenvalue weighted by Crippen LogP contribution is 2.30. The van der Waals surface area contributed by atoms with Crippen LogP contribution in [0.3, 0.4) is 0 Å². The van der Waals surface area contributed by atoms with Gasteiger partial charge in [-0.25, -0.2) is 18.2 Å². The van der Waals surface area contributed by atoms with Gasteiger partial charge in [0.2, 0.25) is 0 Å². The van der Waals surface area contributed by atoms with E-state index in [2.05, 4.69) is 20.6 Å². The quantitative estimate of drug-likeness (QED) is 0.541. The van der Waals surface area contributed by atoms with Gasteiger partial charge in [-0.1, -0.05) is 24.2 Å². The van der Waals surface area contributed by atoms with Crippen LogP contribution in [-0.2, 0) is 21.1 Å². The van der Waals surface area contributed by atoms with Crippen LogP contribution in [0.1, 0.15) is 41.9 Å². The van der Waals surface area contributed by atoms with Crippen LogP contribution >= 0.6 is 11.3 Å². The van der Waals surface area contributed by atoms with Gasteiger partial charge in [0.25, 0.3) is 0 Å². The number of hydrogen-bond donors (Lipinski definition) is 3. The number of sulfone groups is 1. The maximum Gasteiger partial charge on any atom is 0.325 e. The SMILES string of the molecule is CS(=O)(=O)c1sc(NC(=O)Nc2cccnc2C(=O)C2CCCC2)nc1CC(=O)O. The highest BCUT2D eigenvalue weighted by molar-refractivity contribution is 7.92. The highest BCUT2D eigenvalue weighted by atomic mass is 32.2. The van der Waals surface area contributed by atoms with Crippen LogP contribution < -0.4 is 10.6 Å². The number of hydrogen-bond acceptors (Lipinski definition) is 8. The lowest BCUT2D eigenvalue weighted by Crippen LogP contribution is -2.23. The van der Waals surface area contributed by atoms with Crippen LogP contribution in [0.15, 0.2) is 22.5 Å². The summed E-state index contributed by atoms with van der Waals surface area (Å²) >= 11 is 0.661. The zero-order valence-corrected chi connectivity index (χ0v) is 17.7. The van der Waals surface area contributed by atoms with Crippen LogP contribution in [0.25, 0.3) is 0 Å². The third-order valence-electron chi connectivity index (χ3n) is 4.55. The summed E-state index contributed by atoms with van der Waals surface area (Å²) in [6, 6.07) is 2.38. The van der Waals surface area contributed by atoms with E-state index in [9.17, 15) is 22.8 Å². The van der Waals surface area contributed by atoms with Crippen LogP contribution in [0, 0.1) is 5.92 Å². The molecule has 1 fully saturated rings. The molecule has 2 aromatic rings. The van der Waals surface area contributed by atoms with Crippen molar-refractivity contribution in [1.82, 2.24) is 9.97 Å². The summed E-state index contributed by atoms with van der Waals surface area (Å²) in [5, 5.41) is 13.8. The molecule has 2 aromatic heterocycles. The van der Waals surface area contributed by atoms with E-state index in [1.54, 1.807) is 12.1 Å². The second-order valence-corrected chi connectivity index (χ2v) is 10.1. The fourth-order valence-electron chi connectivity index (χ4n) is 3.27. The predicted octanol–water partition coefficient (Wildman–Crippen LogP) is 2.59. The second kappa shape index (κ2) is 8.88. The Balaban J connectivity index is 1.77. The van der Waals surface area contributed by atoms with E-state index in [-0.39, 0.29) is 38.1 Å². The summed E-state index contributed by atoms with van der Waals surface area (Å²) in [5.41, 5.74) is 0.253. The van der Waals surface area contributed by atoms with Crippen molar-refractivity contribution in [2.45, 2.75) is 36.3 Å². The molecule has 1 saturated carbocycles. The van der Waals surface area contributed by atoms with E-state index in [1.807, 2.05) is 0 Å². The Morgan fingerprint density at radius 3 is 2.57 bits per heavy atom. The molecule has 3 rings (SSSR count). The molecule has 3 N–H and O–H groups in total. The number of nitrogens with zero attached hydrogens (tertiary/aromatic N) is 2. The standard InChI is InChI=1S/C18H20N4O6S2/c1-30(27,28)16-12(9-13(23)24)21-18(29-16)22-17(26)20-11-7-4-8-19-14(11)15(25)10-5-2-3-6-10/h4,7-8,10H,2-3,5-6,9H2,1H3,(H,23,24)(H2,20,21,22,26). The van der Waals surface area contributed by atoms with Gasteiger partial charge >= 0.3 is 12.0 Å². The number of amides is 2. The number of carboxylic acid groups (broad SMARTS) is 1. The Kier molecular flexibility index (Phi) is 6.46. The van der Waals surface area contributed by atoms with Gasteiger partial charge in [-0.2, -0.15) is 0 Å². The lowest BCUT2D eigenvalue weighted by atomic mass is 9.99. The summed E-state index contributed by atoms with van der Waals surface area (Å²) in [7, 11) is -3.71. The van der Waals surface area contributed by atoms with Crippen molar-refractivity contribution < 1.29 is 27.9 Å². The first kappa shape index (κ1) is 21.8. The molecule has 0 bridgehead atoms. The van der Waals surface area contributed by atoms with Crippen molar-refractivity contribution in [2.24, 2.45) is 5.92 Å². The number of aliphatic carboxylic acids is 1. The lowest BCUT2D eigenvalue weighted by molar-refractivity contribution is -0.136. The molecule has 0 saturated heterocycles. The molecule has 10 nitrogen and oxygen atoms in total. The number of thiazole rings is 1. The van der Waals surface area contributed by atoms with E-state index in [0.29, 0.717) is 11.3 Å². The Labute approximate surface area is 176 Å². The lowest BCUT2D eigenvalue weighted by Gasteiger charge is -2.12. The third-order valence-corrected chi connectivity index (χ3v) is 7.43. The first-order valence-corrected chi connectivity index (χ1v) is 11.8. The number of Topliss-reactive ketones (excluding diaryl/α,β-unsaturated/α-hetero) is 1. The maximum absolute atomic E-state index is 12.7. The Bertz CT molecular complexity index is 1090. The number of anilines is 2. The van der Waals surface area contributed by atoms with Gasteiger partial charge in [0.15, 0.2) is 20.8 Å². The summed E-state index contributed by atoms with van der Waals surface area (Å²) in [5.74, 6) is -1.48. The molecule has 0 atom stereocenters. The van der Waals surface area contributed by atoms with Gasteiger partial charge in [-0.3, -0.25) is 19.9 Å². The Morgan fingerprint density at radius 2 is 1.93 bits per heavy atom. The van der Waals surface area contributed by atoms with E-state index < -0.39 is 28.3 Å². The minimum atomic E-state index is -3.71. The number of rotatable bonds is 7. The molecule has 12 heteroatoms. The fraction of sp³-hybridized carbons (Fsp3) is 0.389. The molecule has 0 radical (unpaired) electrons. The largest absolute Gasteiger partial charge is 0.481 e. The number of pyridine rings is 1. The second-order valence-electron chi connectivity index (χ2n) is 6.92. The average molecular weight is 453 g/mol. The molecule has 2 amide bonds. The Morgan fingerprint density at radius 1 is 1.23 bits per heavy atom. The fourth-order valence-corrected chi connectivity index (χ4v) is 5.37. The number of nitrogens with one attached hydrogen (secondary N) is 2. The van der Waals surface area contributed by atoms with Crippen molar-refractivity contribution in [3.63, 3.8) is 0 Å². The molecule has 0 aromatic carbocycles. The van der Waals surface area contributed by atoms with E-state index >= 15 is 0 Å². The summed E-state index contributed by atoms with van der Waals surface area (Å²) in [4.78, 5) is 44.1. The van der Waals surface area contributed by atoms with Gasteiger partial charge in [0.05, 0.1) is 17.8 Å². The molecule has 30 heavy (non-hydrogen) atoms. The topological polar surface area (TPSA) is 155 Å². The molecule has 0 aliphatic heterocycles. The van der Waals surface area contributed by atoms with Crippen LogP contribution in [0.4, 0.5) is 15.6 Å². The maximum atomic E-state index is 12.7. The number of carboxylic acids is 1.